The summed E-state index contributed by atoms with van der Waals surface area (Å²) in [6.45, 7) is 1.84. The Balaban J connectivity index is 1.70. The number of nitrogens with one attached hydrogen (secondary N) is 2. The first-order chi connectivity index (χ1) is 12.7. The van der Waals surface area contributed by atoms with Gasteiger partial charge in [0.1, 0.15) is 12.1 Å². The number of hydrogen-bond acceptors (Lipinski definition) is 5. The summed E-state index contributed by atoms with van der Waals surface area (Å²) in [5, 5.41) is 7.83. The molecule has 3 aromatic rings. The third-order valence-electron chi connectivity index (χ3n) is 4.96. The number of para-hydroxylation sites is 1. The molecule has 4 N–H and O–H groups in total. The Kier molecular flexibility index (Phi) is 4.50. The number of nitrogens with zero attached hydrogens (tertiary/aromatic N) is 2. The third kappa shape index (κ3) is 3.11. The summed E-state index contributed by atoms with van der Waals surface area (Å²) in [6, 6.07) is 16.2. The molecule has 2 aromatic carbocycles. The fourth-order valence-corrected chi connectivity index (χ4v) is 3.69. The fraction of sp³-hybridized carbons (Fsp3) is 0.250. The average Bonchev–Trinajstić information content (AvgIpc) is 2.69. The van der Waals surface area contributed by atoms with E-state index in [1.54, 1.807) is 6.07 Å². The topological polar surface area (TPSA) is 92.9 Å². The Hall–Kier alpha value is -2.99. The van der Waals surface area contributed by atoms with Crippen molar-refractivity contribution in [2.24, 2.45) is 5.73 Å². The zero-order valence-electron chi connectivity index (χ0n) is 14.4. The molecule has 2 heterocycles. The van der Waals surface area contributed by atoms with Gasteiger partial charge in [-0.2, -0.15) is 0 Å². The number of anilines is 1. The molecule has 0 saturated carbocycles. The van der Waals surface area contributed by atoms with Crippen molar-refractivity contribution >= 4 is 22.6 Å². The number of nitrogens with two attached hydrogens (primary N) is 1. The second-order valence-electron chi connectivity index (χ2n) is 6.55. The number of carbonyl (C=O) groups is 1. The molecule has 1 aliphatic heterocycles. The number of carbonyl (C=O) groups excluding carboxylic acids is 1. The molecule has 132 valence electrons. The van der Waals surface area contributed by atoms with E-state index in [0.717, 1.165) is 30.7 Å². The van der Waals surface area contributed by atoms with E-state index in [1.165, 1.54) is 11.9 Å². The van der Waals surface area contributed by atoms with Gasteiger partial charge < -0.3 is 16.4 Å². The molecule has 4 rings (SSSR count). The van der Waals surface area contributed by atoms with Crippen LogP contribution in [0.5, 0.6) is 0 Å². The monoisotopic (exact) mass is 347 g/mol. The maximum Gasteiger partial charge on any atom is 0.250 e. The van der Waals surface area contributed by atoms with Crippen LogP contribution in [0, 0.1) is 0 Å². The molecule has 0 spiro atoms. The minimum atomic E-state index is -0.484. The number of primary amides is 1. The van der Waals surface area contributed by atoms with E-state index in [2.05, 4.69) is 44.9 Å². The van der Waals surface area contributed by atoms with Gasteiger partial charge in [0.05, 0.1) is 11.1 Å². The molecule has 1 aromatic heterocycles. The zero-order chi connectivity index (χ0) is 17.9. The van der Waals surface area contributed by atoms with Gasteiger partial charge in [-0.05, 0) is 30.7 Å². The highest BCUT2D eigenvalue weighted by Gasteiger charge is 2.27. The normalized spacial score (nSPS) is 20.0. The van der Waals surface area contributed by atoms with E-state index >= 15 is 0 Å². The van der Waals surface area contributed by atoms with E-state index in [1.807, 2.05) is 18.2 Å². The second kappa shape index (κ2) is 7.09. The van der Waals surface area contributed by atoms with Crippen LogP contribution in [0.3, 0.4) is 0 Å². The minimum Gasteiger partial charge on any atom is -0.366 e. The van der Waals surface area contributed by atoms with Crippen molar-refractivity contribution in [2.45, 2.75) is 18.4 Å². The number of aromatic nitrogens is 2. The Labute approximate surface area is 151 Å². The molecular weight excluding hydrogens is 326 g/mol. The maximum absolute atomic E-state index is 11.7. The molecule has 26 heavy (non-hydrogen) atoms. The van der Waals surface area contributed by atoms with Crippen molar-refractivity contribution in [1.82, 2.24) is 15.3 Å². The Morgan fingerprint density at radius 1 is 1.12 bits per heavy atom. The van der Waals surface area contributed by atoms with Crippen molar-refractivity contribution in [3.8, 4) is 0 Å². The van der Waals surface area contributed by atoms with E-state index in [9.17, 15) is 4.79 Å². The third-order valence-corrected chi connectivity index (χ3v) is 4.96. The molecule has 0 radical (unpaired) electrons. The van der Waals surface area contributed by atoms with Gasteiger partial charge in [-0.3, -0.25) is 4.79 Å². The van der Waals surface area contributed by atoms with Crippen LogP contribution < -0.4 is 16.4 Å². The predicted molar refractivity (Wildman–Crippen MR) is 102 cm³/mol. The lowest BCUT2D eigenvalue weighted by Gasteiger charge is -2.33. The summed E-state index contributed by atoms with van der Waals surface area (Å²) in [7, 11) is 0. The Morgan fingerprint density at radius 3 is 2.77 bits per heavy atom. The standard InChI is InChI=1S/C20H21N5O/c21-19(26)15-7-4-8-16-18(15)23-12-24-20(16)25-17-11-22-10-9-14(17)13-5-2-1-3-6-13/h1-8,12,14,17,22H,9-11H2,(H2,21,26)(H,23,24,25). The largest absolute Gasteiger partial charge is 0.366 e. The van der Waals surface area contributed by atoms with Gasteiger partial charge in [0.2, 0.25) is 0 Å². The first-order valence-electron chi connectivity index (χ1n) is 8.80. The van der Waals surface area contributed by atoms with Crippen LogP contribution in [0.15, 0.2) is 54.9 Å². The summed E-state index contributed by atoms with van der Waals surface area (Å²) in [6.07, 6.45) is 2.53. The van der Waals surface area contributed by atoms with Crippen LogP contribution in [0.1, 0.15) is 28.3 Å². The van der Waals surface area contributed by atoms with Gasteiger partial charge in [-0.15, -0.1) is 0 Å². The Bertz CT molecular complexity index is 928. The second-order valence-corrected chi connectivity index (χ2v) is 6.55. The molecule has 1 aliphatic rings. The van der Waals surface area contributed by atoms with Crippen molar-refractivity contribution in [1.29, 1.82) is 0 Å². The van der Waals surface area contributed by atoms with E-state index in [-0.39, 0.29) is 6.04 Å². The van der Waals surface area contributed by atoms with Crippen LogP contribution in [-0.4, -0.2) is 35.0 Å². The highest BCUT2D eigenvalue weighted by atomic mass is 16.1. The van der Waals surface area contributed by atoms with Crippen molar-refractivity contribution in [3.63, 3.8) is 0 Å². The van der Waals surface area contributed by atoms with Gasteiger partial charge in [0.25, 0.3) is 5.91 Å². The lowest BCUT2D eigenvalue weighted by atomic mass is 9.86. The molecule has 1 amide bonds. The molecule has 6 heteroatoms. The molecule has 0 bridgehead atoms. The molecular formula is C20H21N5O. The molecule has 1 fully saturated rings. The summed E-state index contributed by atoms with van der Waals surface area (Å²) >= 11 is 0. The maximum atomic E-state index is 11.7. The van der Waals surface area contributed by atoms with Gasteiger partial charge in [-0.25, -0.2) is 9.97 Å². The molecule has 0 aliphatic carbocycles. The van der Waals surface area contributed by atoms with E-state index < -0.39 is 5.91 Å². The summed E-state index contributed by atoms with van der Waals surface area (Å²) in [5.41, 5.74) is 7.80. The number of piperidine rings is 1. The zero-order valence-corrected chi connectivity index (χ0v) is 14.4. The summed E-state index contributed by atoms with van der Waals surface area (Å²) in [4.78, 5) is 20.4. The van der Waals surface area contributed by atoms with Gasteiger partial charge >= 0.3 is 0 Å². The van der Waals surface area contributed by atoms with Crippen LogP contribution in [0.4, 0.5) is 5.82 Å². The molecule has 6 nitrogen and oxygen atoms in total. The first kappa shape index (κ1) is 16.5. The lowest BCUT2D eigenvalue weighted by molar-refractivity contribution is 0.100. The Morgan fingerprint density at radius 2 is 1.96 bits per heavy atom. The van der Waals surface area contributed by atoms with Crippen LogP contribution in [0.25, 0.3) is 10.9 Å². The molecule has 1 saturated heterocycles. The lowest BCUT2D eigenvalue weighted by Crippen LogP contribution is -2.44. The van der Waals surface area contributed by atoms with Gasteiger partial charge in [-0.1, -0.05) is 36.4 Å². The number of benzene rings is 2. The van der Waals surface area contributed by atoms with Crippen LogP contribution in [-0.2, 0) is 0 Å². The van der Waals surface area contributed by atoms with Crippen molar-refractivity contribution in [2.75, 3.05) is 18.4 Å². The average molecular weight is 347 g/mol. The SMILES string of the molecule is NC(=O)c1cccc2c(NC3CNCCC3c3ccccc3)ncnc12. The number of hydrogen-bond donors (Lipinski definition) is 3. The molecule has 2 unspecified atom stereocenters. The van der Waals surface area contributed by atoms with Gasteiger partial charge in [0, 0.05) is 23.9 Å². The number of amides is 1. The van der Waals surface area contributed by atoms with Crippen LogP contribution >= 0.6 is 0 Å². The van der Waals surface area contributed by atoms with Gasteiger partial charge in [0.15, 0.2) is 0 Å². The number of rotatable bonds is 4. The quantitative estimate of drug-likeness (QED) is 0.673. The number of fused-ring (bicyclic) bond motifs is 1. The smallest absolute Gasteiger partial charge is 0.250 e. The highest BCUT2D eigenvalue weighted by molar-refractivity contribution is 6.06. The first-order valence-corrected chi connectivity index (χ1v) is 8.80. The molecule has 2 atom stereocenters. The summed E-state index contributed by atoms with van der Waals surface area (Å²) < 4.78 is 0. The van der Waals surface area contributed by atoms with E-state index in [0.29, 0.717) is 17.0 Å². The summed E-state index contributed by atoms with van der Waals surface area (Å²) in [5.74, 6) is 0.635. The minimum absolute atomic E-state index is 0.196. The highest BCUT2D eigenvalue weighted by Crippen LogP contribution is 2.29. The van der Waals surface area contributed by atoms with Crippen LogP contribution in [0.2, 0.25) is 0 Å². The predicted octanol–water partition coefficient (Wildman–Crippen LogP) is 2.29. The van der Waals surface area contributed by atoms with Crippen molar-refractivity contribution < 1.29 is 4.79 Å². The van der Waals surface area contributed by atoms with E-state index in [4.69, 9.17) is 5.73 Å². The van der Waals surface area contributed by atoms with Crippen molar-refractivity contribution in [3.05, 3.63) is 66.0 Å². The fourth-order valence-electron chi connectivity index (χ4n) is 3.69.